The summed E-state index contributed by atoms with van der Waals surface area (Å²) < 4.78 is 5.36. The minimum Gasteiger partial charge on any atom is -0.495 e. The second kappa shape index (κ2) is 7.55. The quantitative estimate of drug-likeness (QED) is 0.877. The van der Waals surface area contributed by atoms with Gasteiger partial charge in [-0.2, -0.15) is 0 Å². The van der Waals surface area contributed by atoms with Crippen LogP contribution in [0, 0.1) is 12.8 Å². The van der Waals surface area contributed by atoms with Crippen molar-refractivity contribution in [3.63, 3.8) is 0 Å². The summed E-state index contributed by atoms with van der Waals surface area (Å²) >= 11 is 0. The van der Waals surface area contributed by atoms with Gasteiger partial charge in [0, 0.05) is 36.7 Å². The summed E-state index contributed by atoms with van der Waals surface area (Å²) in [7, 11) is 1.62. The van der Waals surface area contributed by atoms with Gasteiger partial charge in [-0.15, -0.1) is 0 Å². The summed E-state index contributed by atoms with van der Waals surface area (Å²) in [6.45, 7) is 3.68. The van der Waals surface area contributed by atoms with Crippen LogP contribution < -0.4 is 15.0 Å². The van der Waals surface area contributed by atoms with Crippen LogP contribution in [0.3, 0.4) is 0 Å². The van der Waals surface area contributed by atoms with Crippen LogP contribution >= 0.6 is 0 Å². The van der Waals surface area contributed by atoms with Crippen molar-refractivity contribution in [1.29, 1.82) is 0 Å². The predicted octanol–water partition coefficient (Wildman–Crippen LogP) is 3.53. The van der Waals surface area contributed by atoms with E-state index in [-0.39, 0.29) is 11.8 Å². The van der Waals surface area contributed by atoms with Crippen LogP contribution in [0.4, 0.5) is 11.5 Å². The molecule has 6 nitrogen and oxygen atoms in total. The summed E-state index contributed by atoms with van der Waals surface area (Å²) in [5, 5.41) is 3.05. The Morgan fingerprint density at radius 1 is 1.15 bits per heavy atom. The molecule has 142 valence electrons. The standard InChI is InChI=1S/C21H26N4O2/c1-14-3-6-19(27-2)18(11-14)24-21(26)16-7-9-25(10-8-16)20-12-17(15-4-5-15)22-13-23-20/h3,6,11-13,15-16H,4-5,7-10H2,1-2H3,(H,24,26). The Morgan fingerprint density at radius 2 is 1.93 bits per heavy atom. The third kappa shape index (κ3) is 4.04. The number of nitrogens with zero attached hydrogens (tertiary/aromatic N) is 3. The molecule has 1 aliphatic carbocycles. The van der Waals surface area contributed by atoms with Gasteiger partial charge in [0.15, 0.2) is 0 Å². The number of methoxy groups -OCH3 is 1. The Labute approximate surface area is 160 Å². The molecule has 6 heteroatoms. The number of benzene rings is 1. The van der Waals surface area contributed by atoms with Crippen LogP contribution in [0.15, 0.2) is 30.6 Å². The summed E-state index contributed by atoms with van der Waals surface area (Å²) in [5.74, 6) is 2.39. The third-order valence-electron chi connectivity index (χ3n) is 5.47. The van der Waals surface area contributed by atoms with E-state index in [1.807, 2.05) is 25.1 Å². The molecule has 27 heavy (non-hydrogen) atoms. The van der Waals surface area contributed by atoms with Gasteiger partial charge in [-0.25, -0.2) is 9.97 Å². The van der Waals surface area contributed by atoms with E-state index in [1.54, 1.807) is 13.4 Å². The molecule has 1 aromatic heterocycles. The fourth-order valence-corrected chi connectivity index (χ4v) is 3.66. The number of aromatic nitrogens is 2. The monoisotopic (exact) mass is 366 g/mol. The molecule has 2 heterocycles. The first-order valence-electron chi connectivity index (χ1n) is 9.66. The Bertz CT molecular complexity index is 827. The van der Waals surface area contributed by atoms with Gasteiger partial charge in [-0.05, 0) is 50.3 Å². The maximum absolute atomic E-state index is 12.7. The smallest absolute Gasteiger partial charge is 0.227 e. The number of amides is 1. The Balaban J connectivity index is 1.37. The first-order chi connectivity index (χ1) is 13.1. The second-order valence-electron chi connectivity index (χ2n) is 7.53. The lowest BCUT2D eigenvalue weighted by Gasteiger charge is -2.32. The van der Waals surface area contributed by atoms with E-state index in [2.05, 4.69) is 26.3 Å². The van der Waals surface area contributed by atoms with Crippen molar-refractivity contribution in [3.8, 4) is 5.75 Å². The maximum Gasteiger partial charge on any atom is 0.227 e. The number of piperidine rings is 1. The molecular formula is C21H26N4O2. The van der Waals surface area contributed by atoms with Crippen molar-refractivity contribution in [2.45, 2.75) is 38.5 Å². The lowest BCUT2D eigenvalue weighted by atomic mass is 9.95. The van der Waals surface area contributed by atoms with E-state index in [4.69, 9.17) is 4.74 Å². The number of carbonyl (C=O) groups excluding carboxylic acids is 1. The van der Waals surface area contributed by atoms with Crippen LogP contribution in [-0.4, -0.2) is 36.1 Å². The van der Waals surface area contributed by atoms with Gasteiger partial charge >= 0.3 is 0 Å². The van der Waals surface area contributed by atoms with Crippen LogP contribution in [0.1, 0.15) is 42.9 Å². The van der Waals surface area contributed by atoms with Crippen molar-refractivity contribution in [2.24, 2.45) is 5.92 Å². The number of hydrogen-bond donors (Lipinski definition) is 1. The van der Waals surface area contributed by atoms with E-state index >= 15 is 0 Å². The molecular weight excluding hydrogens is 340 g/mol. The molecule has 1 saturated carbocycles. The van der Waals surface area contributed by atoms with Crippen molar-refractivity contribution >= 4 is 17.4 Å². The molecule has 1 N–H and O–H groups in total. The molecule has 0 bridgehead atoms. The molecule has 0 unspecified atom stereocenters. The highest BCUT2D eigenvalue weighted by Gasteiger charge is 2.28. The topological polar surface area (TPSA) is 67.3 Å². The van der Waals surface area contributed by atoms with Gasteiger partial charge < -0.3 is 15.0 Å². The van der Waals surface area contributed by atoms with Crippen molar-refractivity contribution in [1.82, 2.24) is 9.97 Å². The van der Waals surface area contributed by atoms with Gasteiger partial charge in [0.05, 0.1) is 12.8 Å². The maximum atomic E-state index is 12.7. The second-order valence-corrected chi connectivity index (χ2v) is 7.53. The molecule has 4 rings (SSSR count). The van der Waals surface area contributed by atoms with E-state index in [1.165, 1.54) is 12.8 Å². The van der Waals surface area contributed by atoms with Gasteiger partial charge in [-0.1, -0.05) is 6.07 Å². The minimum atomic E-state index is 0.0104. The van der Waals surface area contributed by atoms with Crippen LogP contribution in [-0.2, 0) is 4.79 Å². The summed E-state index contributed by atoms with van der Waals surface area (Å²) in [6, 6.07) is 7.94. The minimum absolute atomic E-state index is 0.0104. The Hall–Kier alpha value is -2.63. The number of rotatable bonds is 5. The van der Waals surface area contributed by atoms with Crippen LogP contribution in [0.25, 0.3) is 0 Å². The van der Waals surface area contributed by atoms with E-state index in [9.17, 15) is 4.79 Å². The van der Waals surface area contributed by atoms with Crippen LogP contribution in [0.5, 0.6) is 5.75 Å². The van der Waals surface area contributed by atoms with Gasteiger partial charge in [0.1, 0.15) is 17.9 Å². The average Bonchev–Trinajstić information content (AvgIpc) is 3.54. The molecule has 0 atom stereocenters. The largest absolute Gasteiger partial charge is 0.495 e. The van der Waals surface area contributed by atoms with Crippen molar-refractivity contribution < 1.29 is 9.53 Å². The lowest BCUT2D eigenvalue weighted by Crippen LogP contribution is -2.38. The fraction of sp³-hybridized carbons (Fsp3) is 0.476. The first-order valence-corrected chi connectivity index (χ1v) is 9.66. The zero-order valence-corrected chi connectivity index (χ0v) is 15.9. The van der Waals surface area contributed by atoms with Crippen LogP contribution in [0.2, 0.25) is 0 Å². The Kier molecular flexibility index (Phi) is 4.97. The molecule has 1 amide bonds. The molecule has 2 fully saturated rings. The van der Waals surface area contributed by atoms with Gasteiger partial charge in [0.25, 0.3) is 0 Å². The first kappa shape index (κ1) is 17.8. The molecule has 2 aromatic rings. The number of nitrogens with one attached hydrogen (secondary N) is 1. The summed E-state index contributed by atoms with van der Waals surface area (Å²) in [5.41, 5.74) is 3.00. The number of carbonyl (C=O) groups is 1. The number of anilines is 2. The SMILES string of the molecule is COc1ccc(C)cc1NC(=O)C1CCN(c2cc(C3CC3)ncn2)CC1. The number of hydrogen-bond acceptors (Lipinski definition) is 5. The molecule has 1 aromatic carbocycles. The van der Waals surface area contributed by atoms with E-state index in [0.29, 0.717) is 11.7 Å². The van der Waals surface area contributed by atoms with Crippen molar-refractivity contribution in [2.75, 3.05) is 30.4 Å². The number of ether oxygens (including phenoxy) is 1. The molecule has 1 aliphatic heterocycles. The molecule has 1 saturated heterocycles. The van der Waals surface area contributed by atoms with Gasteiger partial charge in [-0.3, -0.25) is 4.79 Å². The van der Waals surface area contributed by atoms with E-state index in [0.717, 1.165) is 48.7 Å². The highest BCUT2D eigenvalue weighted by atomic mass is 16.5. The third-order valence-corrected chi connectivity index (χ3v) is 5.47. The highest BCUT2D eigenvalue weighted by molar-refractivity contribution is 5.94. The molecule has 0 radical (unpaired) electrons. The lowest BCUT2D eigenvalue weighted by molar-refractivity contribution is -0.120. The summed E-state index contributed by atoms with van der Waals surface area (Å²) in [4.78, 5) is 23.8. The van der Waals surface area contributed by atoms with Crippen molar-refractivity contribution in [3.05, 3.63) is 41.9 Å². The zero-order valence-electron chi connectivity index (χ0n) is 15.9. The Morgan fingerprint density at radius 3 is 2.63 bits per heavy atom. The van der Waals surface area contributed by atoms with E-state index < -0.39 is 0 Å². The predicted molar refractivity (Wildman–Crippen MR) is 105 cm³/mol. The normalized spacial score (nSPS) is 17.6. The highest BCUT2D eigenvalue weighted by Crippen LogP contribution is 2.39. The molecule has 2 aliphatic rings. The fourth-order valence-electron chi connectivity index (χ4n) is 3.66. The zero-order chi connectivity index (χ0) is 18.8. The molecule has 0 spiro atoms. The average molecular weight is 366 g/mol. The number of aryl methyl sites for hydroxylation is 1. The summed E-state index contributed by atoms with van der Waals surface area (Å²) in [6.07, 6.45) is 5.79. The van der Waals surface area contributed by atoms with Gasteiger partial charge in [0.2, 0.25) is 5.91 Å².